The fourth-order valence-corrected chi connectivity index (χ4v) is 3.74. The highest BCUT2D eigenvalue weighted by Crippen LogP contribution is 2.27. The molecule has 0 spiro atoms. The van der Waals surface area contributed by atoms with E-state index in [0.717, 1.165) is 42.9 Å². The molecule has 2 fully saturated rings. The van der Waals surface area contributed by atoms with Gasteiger partial charge in [0.05, 0.1) is 17.7 Å². The van der Waals surface area contributed by atoms with Crippen molar-refractivity contribution >= 4 is 22.9 Å². The Labute approximate surface area is 134 Å². The summed E-state index contributed by atoms with van der Waals surface area (Å²) >= 11 is 0. The molecule has 2 aliphatic heterocycles. The molecule has 1 aromatic carbocycles. The number of amides is 1. The number of hydrogen-bond donors (Lipinski definition) is 1. The summed E-state index contributed by atoms with van der Waals surface area (Å²) in [4.78, 5) is 24.2. The van der Waals surface area contributed by atoms with Crippen LogP contribution in [0.2, 0.25) is 0 Å². The average Bonchev–Trinajstić information content (AvgIpc) is 3.18. The summed E-state index contributed by atoms with van der Waals surface area (Å²) in [5, 5.41) is 0. The molecular formula is C17H21FN4O. The molecule has 0 saturated carbocycles. The summed E-state index contributed by atoms with van der Waals surface area (Å²) in [5.74, 6) is 0.921. The van der Waals surface area contributed by atoms with Gasteiger partial charge in [0.1, 0.15) is 0 Å². The third-order valence-corrected chi connectivity index (χ3v) is 5.04. The number of piperidine rings is 1. The van der Waals surface area contributed by atoms with Crippen molar-refractivity contribution in [2.75, 3.05) is 31.2 Å². The van der Waals surface area contributed by atoms with Crippen LogP contribution in [0.15, 0.2) is 24.3 Å². The Balaban J connectivity index is 1.42. The van der Waals surface area contributed by atoms with Crippen molar-refractivity contribution in [2.24, 2.45) is 5.92 Å². The van der Waals surface area contributed by atoms with Gasteiger partial charge < -0.3 is 14.8 Å². The first kappa shape index (κ1) is 14.5. The molecule has 0 radical (unpaired) electrons. The zero-order valence-corrected chi connectivity index (χ0v) is 13.0. The fourth-order valence-electron chi connectivity index (χ4n) is 3.74. The standard InChI is InChI=1S/C17H21FN4O/c18-10-12-9-16(23)22(11-12)13-5-7-21(8-6-13)17-19-14-3-1-2-4-15(14)20-17/h1-4,12-13H,5-11H2,(H,19,20). The minimum absolute atomic E-state index is 0.101. The SMILES string of the molecule is O=C1CC(CF)CN1C1CCN(c2nc3ccccc3[nH]2)CC1. The van der Waals surface area contributed by atoms with Crippen molar-refractivity contribution in [3.63, 3.8) is 0 Å². The van der Waals surface area contributed by atoms with Crippen LogP contribution in [-0.4, -0.2) is 53.1 Å². The Morgan fingerprint density at radius 1 is 1.26 bits per heavy atom. The van der Waals surface area contributed by atoms with Crippen LogP contribution in [0.4, 0.5) is 10.3 Å². The highest BCUT2D eigenvalue weighted by atomic mass is 19.1. The lowest BCUT2D eigenvalue weighted by molar-refractivity contribution is -0.130. The molecular weight excluding hydrogens is 295 g/mol. The number of H-pyrrole nitrogens is 1. The summed E-state index contributed by atoms with van der Waals surface area (Å²) in [5.41, 5.74) is 2.02. The van der Waals surface area contributed by atoms with Gasteiger partial charge in [-0.15, -0.1) is 0 Å². The molecule has 2 saturated heterocycles. The van der Waals surface area contributed by atoms with E-state index in [1.165, 1.54) is 0 Å². The first-order chi connectivity index (χ1) is 11.2. The summed E-state index contributed by atoms with van der Waals surface area (Å²) < 4.78 is 12.8. The van der Waals surface area contributed by atoms with Crippen molar-refractivity contribution in [3.05, 3.63) is 24.3 Å². The van der Waals surface area contributed by atoms with Crippen molar-refractivity contribution in [1.82, 2.24) is 14.9 Å². The van der Waals surface area contributed by atoms with Crippen molar-refractivity contribution in [3.8, 4) is 0 Å². The molecule has 1 N–H and O–H groups in total. The summed E-state index contributed by atoms with van der Waals surface area (Å²) in [6.07, 6.45) is 2.21. The van der Waals surface area contributed by atoms with E-state index < -0.39 is 0 Å². The van der Waals surface area contributed by atoms with Gasteiger partial charge in [-0.3, -0.25) is 9.18 Å². The number of hydrogen-bond acceptors (Lipinski definition) is 3. The van der Waals surface area contributed by atoms with Gasteiger partial charge >= 0.3 is 0 Å². The number of carbonyl (C=O) groups is 1. The van der Waals surface area contributed by atoms with E-state index in [9.17, 15) is 9.18 Å². The molecule has 0 aliphatic carbocycles. The van der Waals surface area contributed by atoms with E-state index in [4.69, 9.17) is 0 Å². The van der Waals surface area contributed by atoms with Crippen LogP contribution in [0.1, 0.15) is 19.3 Å². The molecule has 1 atom stereocenters. The second-order valence-electron chi connectivity index (χ2n) is 6.57. The summed E-state index contributed by atoms with van der Waals surface area (Å²) in [6, 6.07) is 8.26. The van der Waals surface area contributed by atoms with Gasteiger partial charge in [0, 0.05) is 38.0 Å². The molecule has 1 unspecified atom stereocenters. The summed E-state index contributed by atoms with van der Waals surface area (Å²) in [7, 11) is 0. The predicted molar refractivity (Wildman–Crippen MR) is 87.1 cm³/mol. The van der Waals surface area contributed by atoms with Gasteiger partial charge in [-0.2, -0.15) is 0 Å². The quantitative estimate of drug-likeness (QED) is 0.946. The molecule has 1 aromatic heterocycles. The van der Waals surface area contributed by atoms with E-state index in [2.05, 4.69) is 14.9 Å². The minimum Gasteiger partial charge on any atom is -0.342 e. The maximum absolute atomic E-state index is 12.8. The van der Waals surface area contributed by atoms with Gasteiger partial charge in [0.2, 0.25) is 11.9 Å². The van der Waals surface area contributed by atoms with Gasteiger partial charge in [-0.1, -0.05) is 12.1 Å². The molecule has 4 rings (SSSR count). The Bertz CT molecular complexity index is 674. The number of rotatable bonds is 3. The monoisotopic (exact) mass is 316 g/mol. The average molecular weight is 316 g/mol. The molecule has 2 aromatic rings. The molecule has 122 valence electrons. The number of anilines is 1. The highest BCUT2D eigenvalue weighted by Gasteiger charge is 2.36. The number of likely N-dealkylation sites (tertiary alicyclic amines) is 1. The number of para-hydroxylation sites is 2. The number of imidazole rings is 1. The third-order valence-electron chi connectivity index (χ3n) is 5.04. The van der Waals surface area contributed by atoms with E-state index in [0.29, 0.717) is 13.0 Å². The van der Waals surface area contributed by atoms with Crippen molar-refractivity contribution < 1.29 is 9.18 Å². The number of benzene rings is 1. The van der Waals surface area contributed by atoms with Crippen LogP contribution >= 0.6 is 0 Å². The number of nitrogens with zero attached hydrogens (tertiary/aromatic N) is 3. The minimum atomic E-state index is -0.389. The second kappa shape index (κ2) is 5.83. The summed E-state index contributed by atoms with van der Waals surface area (Å²) in [6.45, 7) is 1.94. The number of carbonyl (C=O) groups excluding carboxylic acids is 1. The number of halogens is 1. The largest absolute Gasteiger partial charge is 0.342 e. The first-order valence-electron chi connectivity index (χ1n) is 8.29. The Morgan fingerprint density at radius 3 is 2.74 bits per heavy atom. The number of nitrogens with one attached hydrogen (secondary N) is 1. The van der Waals surface area contributed by atoms with Crippen LogP contribution < -0.4 is 4.90 Å². The van der Waals surface area contributed by atoms with Crippen LogP contribution in [0.3, 0.4) is 0 Å². The Morgan fingerprint density at radius 2 is 2.04 bits per heavy atom. The van der Waals surface area contributed by atoms with E-state index in [1.54, 1.807) is 0 Å². The lowest BCUT2D eigenvalue weighted by Gasteiger charge is -2.36. The lowest BCUT2D eigenvalue weighted by atomic mass is 10.0. The molecule has 1 amide bonds. The van der Waals surface area contributed by atoms with Crippen LogP contribution in [0.25, 0.3) is 11.0 Å². The van der Waals surface area contributed by atoms with Gasteiger partial charge in [0.15, 0.2) is 0 Å². The zero-order valence-electron chi connectivity index (χ0n) is 13.0. The molecule has 6 heteroatoms. The Kier molecular flexibility index (Phi) is 3.67. The molecule has 0 bridgehead atoms. The van der Waals surface area contributed by atoms with Crippen LogP contribution in [0.5, 0.6) is 0 Å². The molecule has 3 heterocycles. The maximum Gasteiger partial charge on any atom is 0.223 e. The predicted octanol–water partition coefficient (Wildman–Crippen LogP) is 2.35. The normalized spacial score (nSPS) is 23.2. The van der Waals surface area contributed by atoms with Gasteiger partial charge in [-0.25, -0.2) is 4.98 Å². The van der Waals surface area contributed by atoms with Crippen LogP contribution in [-0.2, 0) is 4.79 Å². The topological polar surface area (TPSA) is 52.2 Å². The second-order valence-corrected chi connectivity index (χ2v) is 6.57. The molecule has 2 aliphatic rings. The maximum atomic E-state index is 12.8. The molecule has 23 heavy (non-hydrogen) atoms. The smallest absolute Gasteiger partial charge is 0.223 e. The molecule has 5 nitrogen and oxygen atoms in total. The first-order valence-corrected chi connectivity index (χ1v) is 8.29. The van der Waals surface area contributed by atoms with Crippen molar-refractivity contribution in [2.45, 2.75) is 25.3 Å². The Hall–Kier alpha value is -2.11. The lowest BCUT2D eigenvalue weighted by Crippen LogP contribution is -2.46. The number of fused-ring (bicyclic) bond motifs is 1. The van der Waals surface area contributed by atoms with Gasteiger partial charge in [0.25, 0.3) is 0 Å². The van der Waals surface area contributed by atoms with Crippen molar-refractivity contribution in [1.29, 1.82) is 0 Å². The van der Waals surface area contributed by atoms with Gasteiger partial charge in [-0.05, 0) is 25.0 Å². The number of aromatic amines is 1. The van der Waals surface area contributed by atoms with E-state index in [1.807, 2.05) is 29.2 Å². The number of alkyl halides is 1. The third kappa shape index (κ3) is 2.66. The fraction of sp³-hybridized carbons (Fsp3) is 0.529. The van der Waals surface area contributed by atoms with E-state index in [-0.39, 0.29) is 24.5 Å². The zero-order chi connectivity index (χ0) is 15.8. The van der Waals surface area contributed by atoms with Crippen LogP contribution in [0, 0.1) is 5.92 Å². The number of aromatic nitrogens is 2. The van der Waals surface area contributed by atoms with E-state index >= 15 is 0 Å². The highest BCUT2D eigenvalue weighted by molar-refractivity contribution is 5.79.